The summed E-state index contributed by atoms with van der Waals surface area (Å²) < 4.78 is 34.7. The highest BCUT2D eigenvalue weighted by Crippen LogP contribution is 2.27. The Balaban J connectivity index is 1.85. The number of nitrogens with zero attached hydrogens (tertiary/aromatic N) is 2. The van der Waals surface area contributed by atoms with Crippen LogP contribution in [0, 0.1) is 13.8 Å². The largest absolute Gasteiger partial charge is 0.379 e. The van der Waals surface area contributed by atoms with Crippen LogP contribution in [0.3, 0.4) is 0 Å². The molecule has 3 aromatic rings. The average Bonchev–Trinajstić information content (AvgIpc) is 2.93. The maximum atomic E-state index is 12.3. The Hall–Kier alpha value is -2.38. The summed E-state index contributed by atoms with van der Waals surface area (Å²) in [6.07, 6.45) is 0. The molecule has 0 saturated carbocycles. The van der Waals surface area contributed by atoms with Crippen LogP contribution >= 0.6 is 11.6 Å². The molecule has 0 atom stereocenters. The van der Waals surface area contributed by atoms with Crippen molar-refractivity contribution in [2.45, 2.75) is 18.7 Å². The van der Waals surface area contributed by atoms with Gasteiger partial charge in [-0.05, 0) is 48.9 Å². The predicted octanol–water partition coefficient (Wildman–Crippen LogP) is 3.77. The van der Waals surface area contributed by atoms with Crippen molar-refractivity contribution in [3.8, 4) is 17.1 Å². The number of hydrogen-bond donors (Lipinski definition) is 0. The zero-order chi connectivity index (χ0) is 17.3. The number of rotatable bonds is 4. The first-order valence-corrected chi connectivity index (χ1v) is 8.75. The number of aryl methyl sites for hydroxylation is 2. The molecule has 3 rings (SSSR count). The first-order valence-electron chi connectivity index (χ1n) is 6.96. The van der Waals surface area contributed by atoms with E-state index in [0.29, 0.717) is 17.3 Å². The van der Waals surface area contributed by atoms with Crippen molar-refractivity contribution in [1.29, 1.82) is 0 Å². The molecule has 6 nitrogen and oxygen atoms in total. The maximum absolute atomic E-state index is 12.3. The Bertz CT molecular complexity index is 982. The highest BCUT2D eigenvalue weighted by molar-refractivity contribution is 7.87. The minimum Gasteiger partial charge on any atom is -0.379 e. The SMILES string of the molecule is Cc1ccc(S(=O)(=O)Oc2ccc(-c3noc(C)n3)cc2)c(Cl)c1. The van der Waals surface area contributed by atoms with Crippen molar-refractivity contribution in [3.63, 3.8) is 0 Å². The molecule has 0 spiro atoms. The van der Waals surface area contributed by atoms with Crippen molar-refractivity contribution in [1.82, 2.24) is 10.1 Å². The second kappa shape index (κ2) is 6.26. The summed E-state index contributed by atoms with van der Waals surface area (Å²) in [6.45, 7) is 3.51. The lowest BCUT2D eigenvalue weighted by atomic mass is 10.2. The lowest BCUT2D eigenvalue weighted by Crippen LogP contribution is -2.10. The number of benzene rings is 2. The second-order valence-electron chi connectivity index (χ2n) is 5.13. The Kier molecular flexibility index (Phi) is 4.29. The monoisotopic (exact) mass is 364 g/mol. The number of hydrogen-bond acceptors (Lipinski definition) is 6. The van der Waals surface area contributed by atoms with Crippen LogP contribution in [0.2, 0.25) is 5.02 Å². The van der Waals surface area contributed by atoms with E-state index in [1.807, 2.05) is 6.92 Å². The van der Waals surface area contributed by atoms with Crippen molar-refractivity contribution >= 4 is 21.7 Å². The third kappa shape index (κ3) is 3.42. The molecule has 0 amide bonds. The van der Waals surface area contributed by atoms with Crippen LogP contribution in [-0.4, -0.2) is 18.6 Å². The summed E-state index contributed by atoms with van der Waals surface area (Å²) in [7, 11) is -4.02. The normalized spacial score (nSPS) is 11.5. The number of aromatic nitrogens is 2. The van der Waals surface area contributed by atoms with Crippen LogP contribution in [-0.2, 0) is 10.1 Å². The molecule has 0 radical (unpaired) electrons. The van der Waals surface area contributed by atoms with Gasteiger partial charge in [0.05, 0.1) is 5.02 Å². The van der Waals surface area contributed by atoms with Gasteiger partial charge < -0.3 is 8.71 Å². The minimum absolute atomic E-state index is 0.0763. The Labute approximate surface area is 144 Å². The average molecular weight is 365 g/mol. The van der Waals surface area contributed by atoms with Gasteiger partial charge in [0, 0.05) is 12.5 Å². The molecular weight excluding hydrogens is 352 g/mol. The molecule has 0 unspecified atom stereocenters. The van der Waals surface area contributed by atoms with Gasteiger partial charge in [-0.25, -0.2) is 0 Å². The lowest BCUT2D eigenvalue weighted by molar-refractivity contribution is 0.394. The molecule has 124 valence electrons. The summed E-state index contributed by atoms with van der Waals surface area (Å²) in [5, 5.41) is 3.91. The van der Waals surface area contributed by atoms with E-state index < -0.39 is 10.1 Å². The van der Waals surface area contributed by atoms with Gasteiger partial charge in [0.25, 0.3) is 0 Å². The highest BCUT2D eigenvalue weighted by atomic mass is 35.5. The van der Waals surface area contributed by atoms with Gasteiger partial charge >= 0.3 is 10.1 Å². The fraction of sp³-hybridized carbons (Fsp3) is 0.125. The van der Waals surface area contributed by atoms with Crippen LogP contribution in [0.25, 0.3) is 11.4 Å². The summed E-state index contributed by atoms with van der Waals surface area (Å²) in [5.74, 6) is 1.03. The molecular formula is C16H13ClN2O4S. The summed E-state index contributed by atoms with van der Waals surface area (Å²) in [6, 6.07) is 11.0. The van der Waals surface area contributed by atoms with Crippen molar-refractivity contribution in [3.05, 3.63) is 58.9 Å². The van der Waals surface area contributed by atoms with Crippen LogP contribution in [0.5, 0.6) is 5.75 Å². The maximum Gasteiger partial charge on any atom is 0.340 e. The van der Waals surface area contributed by atoms with Crippen LogP contribution in [0.15, 0.2) is 51.9 Å². The molecule has 0 N–H and O–H groups in total. The van der Waals surface area contributed by atoms with Crippen LogP contribution in [0.4, 0.5) is 0 Å². The minimum atomic E-state index is -4.02. The van der Waals surface area contributed by atoms with E-state index in [4.69, 9.17) is 20.3 Å². The fourth-order valence-corrected chi connectivity index (χ4v) is 3.56. The van der Waals surface area contributed by atoms with Gasteiger partial charge in [0.2, 0.25) is 11.7 Å². The molecule has 0 aliphatic carbocycles. The van der Waals surface area contributed by atoms with E-state index in [1.165, 1.54) is 18.2 Å². The first kappa shape index (κ1) is 16.5. The van der Waals surface area contributed by atoms with Crippen molar-refractivity contribution in [2.75, 3.05) is 0 Å². The molecule has 24 heavy (non-hydrogen) atoms. The third-order valence-corrected chi connectivity index (χ3v) is 4.93. The van der Waals surface area contributed by atoms with Gasteiger partial charge in [-0.1, -0.05) is 22.8 Å². The van der Waals surface area contributed by atoms with E-state index >= 15 is 0 Å². The molecule has 0 bridgehead atoms. The van der Waals surface area contributed by atoms with Crippen molar-refractivity contribution < 1.29 is 17.1 Å². The second-order valence-corrected chi connectivity index (χ2v) is 7.05. The Morgan fingerprint density at radius 2 is 1.79 bits per heavy atom. The van der Waals surface area contributed by atoms with E-state index in [-0.39, 0.29) is 15.7 Å². The summed E-state index contributed by atoms with van der Waals surface area (Å²) in [5.41, 5.74) is 1.55. The van der Waals surface area contributed by atoms with Crippen molar-refractivity contribution in [2.24, 2.45) is 0 Å². The van der Waals surface area contributed by atoms with Gasteiger partial charge in [-0.2, -0.15) is 13.4 Å². The molecule has 2 aromatic carbocycles. The summed E-state index contributed by atoms with van der Waals surface area (Å²) >= 11 is 6.00. The van der Waals surface area contributed by atoms with E-state index in [1.54, 1.807) is 31.2 Å². The standard InChI is InChI=1S/C16H13ClN2O4S/c1-10-3-8-15(14(17)9-10)24(20,21)23-13-6-4-12(5-7-13)16-18-11(2)22-19-16/h3-9H,1-2H3. The molecule has 0 fully saturated rings. The highest BCUT2D eigenvalue weighted by Gasteiger charge is 2.20. The molecule has 0 aliphatic heterocycles. The number of halogens is 1. The van der Waals surface area contributed by atoms with E-state index in [9.17, 15) is 8.42 Å². The van der Waals surface area contributed by atoms with Gasteiger partial charge in [-0.3, -0.25) is 0 Å². The zero-order valence-corrected chi connectivity index (χ0v) is 14.4. The third-order valence-electron chi connectivity index (χ3n) is 3.20. The molecule has 1 aromatic heterocycles. The lowest BCUT2D eigenvalue weighted by Gasteiger charge is -2.09. The van der Waals surface area contributed by atoms with Crippen LogP contribution in [0.1, 0.15) is 11.5 Å². The Morgan fingerprint density at radius 3 is 2.38 bits per heavy atom. The van der Waals surface area contributed by atoms with Gasteiger partial charge in [0.15, 0.2) is 0 Å². The van der Waals surface area contributed by atoms with Gasteiger partial charge in [0.1, 0.15) is 10.6 Å². The quantitative estimate of drug-likeness (QED) is 0.655. The van der Waals surface area contributed by atoms with Crippen LogP contribution < -0.4 is 4.18 Å². The van der Waals surface area contributed by atoms with E-state index in [2.05, 4.69) is 10.1 Å². The van der Waals surface area contributed by atoms with E-state index in [0.717, 1.165) is 5.56 Å². The molecule has 0 saturated heterocycles. The zero-order valence-electron chi connectivity index (χ0n) is 12.9. The summed E-state index contributed by atoms with van der Waals surface area (Å²) in [4.78, 5) is 4.02. The molecule has 8 heteroatoms. The topological polar surface area (TPSA) is 82.3 Å². The fourth-order valence-electron chi connectivity index (χ4n) is 2.06. The van der Waals surface area contributed by atoms with Gasteiger partial charge in [-0.15, -0.1) is 0 Å². The predicted molar refractivity (Wildman–Crippen MR) is 88.5 cm³/mol. The smallest absolute Gasteiger partial charge is 0.340 e. The first-order chi connectivity index (χ1) is 11.3. The Morgan fingerprint density at radius 1 is 1.08 bits per heavy atom. The molecule has 1 heterocycles. The molecule has 0 aliphatic rings.